The van der Waals surface area contributed by atoms with Gasteiger partial charge in [0, 0.05) is 23.9 Å². The second-order valence-electron chi connectivity index (χ2n) is 6.68. The molecule has 140 valence electrons. The minimum absolute atomic E-state index is 0.293. The van der Waals surface area contributed by atoms with Crippen LogP contribution < -0.4 is 0 Å². The van der Waals surface area contributed by atoms with Crippen LogP contribution in [0.5, 0.6) is 0 Å². The van der Waals surface area contributed by atoms with Crippen molar-refractivity contribution in [3.8, 4) is 23.0 Å². The number of ether oxygens (including phenoxy) is 1. The van der Waals surface area contributed by atoms with Gasteiger partial charge in [0.25, 0.3) is 0 Å². The SMILES string of the molecule is COC(=O)c1cc(-c2ccc(C#Cc3ccc(CN(C)C)cc3)cc2)ccn1. The van der Waals surface area contributed by atoms with Crippen molar-refractivity contribution in [2.75, 3.05) is 21.2 Å². The van der Waals surface area contributed by atoms with Gasteiger partial charge >= 0.3 is 5.97 Å². The summed E-state index contributed by atoms with van der Waals surface area (Å²) in [5.74, 6) is 5.95. The summed E-state index contributed by atoms with van der Waals surface area (Å²) in [4.78, 5) is 17.8. The normalized spacial score (nSPS) is 10.3. The van der Waals surface area contributed by atoms with E-state index >= 15 is 0 Å². The van der Waals surface area contributed by atoms with Crippen LogP contribution in [0.2, 0.25) is 0 Å². The summed E-state index contributed by atoms with van der Waals surface area (Å²) in [6.45, 7) is 0.919. The van der Waals surface area contributed by atoms with Gasteiger partial charge in [-0.1, -0.05) is 36.1 Å². The molecule has 0 spiro atoms. The van der Waals surface area contributed by atoms with E-state index in [0.717, 1.165) is 28.8 Å². The van der Waals surface area contributed by atoms with Gasteiger partial charge < -0.3 is 9.64 Å². The summed E-state index contributed by atoms with van der Waals surface area (Å²) in [6, 6.07) is 19.8. The van der Waals surface area contributed by atoms with Crippen LogP contribution >= 0.6 is 0 Å². The number of methoxy groups -OCH3 is 1. The number of carbonyl (C=O) groups is 1. The molecule has 0 amide bonds. The lowest BCUT2D eigenvalue weighted by Crippen LogP contribution is -2.10. The lowest BCUT2D eigenvalue weighted by atomic mass is 10.0. The van der Waals surface area contributed by atoms with E-state index in [-0.39, 0.29) is 0 Å². The molecule has 0 saturated heterocycles. The fourth-order valence-corrected chi connectivity index (χ4v) is 2.78. The van der Waals surface area contributed by atoms with E-state index in [1.54, 1.807) is 12.3 Å². The van der Waals surface area contributed by atoms with Crippen molar-refractivity contribution in [2.24, 2.45) is 0 Å². The Morgan fingerprint density at radius 2 is 1.54 bits per heavy atom. The molecule has 0 fully saturated rings. The smallest absolute Gasteiger partial charge is 0.356 e. The Morgan fingerprint density at radius 1 is 0.929 bits per heavy atom. The summed E-state index contributed by atoms with van der Waals surface area (Å²) in [7, 11) is 5.46. The van der Waals surface area contributed by atoms with Gasteiger partial charge in [-0.15, -0.1) is 0 Å². The number of hydrogen-bond acceptors (Lipinski definition) is 4. The maximum atomic E-state index is 11.6. The first-order chi connectivity index (χ1) is 13.5. The Bertz CT molecular complexity index is 1010. The molecule has 0 unspecified atom stereocenters. The summed E-state index contributed by atoms with van der Waals surface area (Å²) in [6.07, 6.45) is 1.61. The van der Waals surface area contributed by atoms with Crippen molar-refractivity contribution in [1.29, 1.82) is 0 Å². The highest BCUT2D eigenvalue weighted by molar-refractivity contribution is 5.88. The minimum atomic E-state index is -0.444. The molecule has 0 bridgehead atoms. The Hall–Kier alpha value is -3.42. The second kappa shape index (κ2) is 8.98. The van der Waals surface area contributed by atoms with Crippen LogP contribution in [-0.2, 0) is 11.3 Å². The minimum Gasteiger partial charge on any atom is -0.464 e. The zero-order valence-electron chi connectivity index (χ0n) is 16.3. The summed E-state index contributed by atoms with van der Waals surface area (Å²) >= 11 is 0. The molecule has 0 N–H and O–H groups in total. The average molecular weight is 370 g/mol. The molecule has 4 heteroatoms. The van der Waals surface area contributed by atoms with Crippen LogP contribution in [0.4, 0.5) is 0 Å². The van der Waals surface area contributed by atoms with Crippen LogP contribution in [0, 0.1) is 11.8 Å². The molecule has 0 aliphatic carbocycles. The van der Waals surface area contributed by atoms with E-state index in [1.807, 2.05) is 42.5 Å². The van der Waals surface area contributed by atoms with Gasteiger partial charge in [0.2, 0.25) is 0 Å². The summed E-state index contributed by atoms with van der Waals surface area (Å²) in [5.41, 5.74) is 5.38. The third-order valence-corrected chi connectivity index (χ3v) is 4.18. The van der Waals surface area contributed by atoms with E-state index in [4.69, 9.17) is 4.74 Å². The molecule has 0 saturated carbocycles. The lowest BCUT2D eigenvalue weighted by molar-refractivity contribution is 0.0594. The third-order valence-electron chi connectivity index (χ3n) is 4.18. The van der Waals surface area contributed by atoms with E-state index < -0.39 is 5.97 Å². The monoisotopic (exact) mass is 370 g/mol. The first-order valence-electron chi connectivity index (χ1n) is 8.95. The quantitative estimate of drug-likeness (QED) is 0.514. The molecular weight excluding hydrogens is 348 g/mol. The molecule has 0 radical (unpaired) electrons. The van der Waals surface area contributed by atoms with E-state index in [2.05, 4.69) is 48.0 Å². The lowest BCUT2D eigenvalue weighted by Gasteiger charge is -2.08. The number of aromatic nitrogens is 1. The number of esters is 1. The van der Waals surface area contributed by atoms with E-state index in [0.29, 0.717) is 5.69 Å². The molecule has 3 rings (SSSR count). The predicted octanol–water partition coefficient (Wildman–Crippen LogP) is 4.00. The van der Waals surface area contributed by atoms with Crippen molar-refractivity contribution in [3.05, 3.63) is 89.2 Å². The number of hydrogen-bond donors (Lipinski definition) is 0. The zero-order valence-corrected chi connectivity index (χ0v) is 16.3. The van der Waals surface area contributed by atoms with Gasteiger partial charge in [0.05, 0.1) is 7.11 Å². The molecule has 0 aliphatic rings. The Balaban J connectivity index is 1.74. The van der Waals surface area contributed by atoms with Gasteiger partial charge in [-0.05, 0) is 67.2 Å². The van der Waals surface area contributed by atoms with Crippen LogP contribution in [0.1, 0.15) is 27.2 Å². The molecule has 1 aromatic heterocycles. The molecule has 1 heterocycles. The van der Waals surface area contributed by atoms with Crippen molar-refractivity contribution in [3.63, 3.8) is 0 Å². The largest absolute Gasteiger partial charge is 0.464 e. The van der Waals surface area contributed by atoms with Crippen molar-refractivity contribution >= 4 is 5.97 Å². The third kappa shape index (κ3) is 5.06. The summed E-state index contributed by atoms with van der Waals surface area (Å²) in [5, 5.41) is 0. The second-order valence-corrected chi connectivity index (χ2v) is 6.68. The first kappa shape index (κ1) is 19.3. The molecule has 28 heavy (non-hydrogen) atoms. The topological polar surface area (TPSA) is 42.4 Å². The highest BCUT2D eigenvalue weighted by atomic mass is 16.5. The van der Waals surface area contributed by atoms with Crippen LogP contribution in [0.15, 0.2) is 66.9 Å². The van der Waals surface area contributed by atoms with Crippen LogP contribution in [0.25, 0.3) is 11.1 Å². The Kier molecular flexibility index (Phi) is 6.21. The average Bonchev–Trinajstić information content (AvgIpc) is 2.73. The molecule has 4 nitrogen and oxygen atoms in total. The molecule has 2 aromatic carbocycles. The van der Waals surface area contributed by atoms with Crippen LogP contribution in [0.3, 0.4) is 0 Å². The molecule has 0 atom stereocenters. The first-order valence-corrected chi connectivity index (χ1v) is 8.95. The maximum absolute atomic E-state index is 11.6. The highest BCUT2D eigenvalue weighted by Gasteiger charge is 2.08. The van der Waals surface area contributed by atoms with Gasteiger partial charge in [0.15, 0.2) is 0 Å². The summed E-state index contributed by atoms with van der Waals surface area (Å²) < 4.78 is 4.72. The Morgan fingerprint density at radius 3 is 2.11 bits per heavy atom. The fourth-order valence-electron chi connectivity index (χ4n) is 2.78. The molecular formula is C24H22N2O2. The van der Waals surface area contributed by atoms with E-state index in [1.165, 1.54) is 12.7 Å². The molecule has 3 aromatic rings. The van der Waals surface area contributed by atoms with Gasteiger partial charge in [-0.3, -0.25) is 0 Å². The Labute approximate surface area is 165 Å². The fraction of sp³-hybridized carbons (Fsp3) is 0.167. The van der Waals surface area contributed by atoms with Crippen molar-refractivity contribution < 1.29 is 9.53 Å². The molecule has 0 aliphatic heterocycles. The number of nitrogens with zero attached hydrogens (tertiary/aromatic N) is 2. The number of benzene rings is 2. The van der Waals surface area contributed by atoms with Gasteiger partial charge in [-0.2, -0.15) is 0 Å². The highest BCUT2D eigenvalue weighted by Crippen LogP contribution is 2.20. The zero-order chi connectivity index (χ0) is 19.9. The van der Waals surface area contributed by atoms with Gasteiger partial charge in [0.1, 0.15) is 5.69 Å². The van der Waals surface area contributed by atoms with Crippen molar-refractivity contribution in [2.45, 2.75) is 6.54 Å². The standard InChI is InChI=1S/C24H22N2O2/c1-26(2)17-20-8-6-18(7-9-20)4-5-19-10-12-21(13-11-19)22-14-15-25-23(16-22)24(27)28-3/h6-16H,17H2,1-3H3. The van der Waals surface area contributed by atoms with Crippen LogP contribution in [-0.4, -0.2) is 37.1 Å². The number of pyridine rings is 1. The number of rotatable bonds is 4. The predicted molar refractivity (Wildman–Crippen MR) is 111 cm³/mol. The van der Waals surface area contributed by atoms with Gasteiger partial charge in [-0.25, -0.2) is 9.78 Å². The van der Waals surface area contributed by atoms with E-state index in [9.17, 15) is 4.79 Å². The maximum Gasteiger partial charge on any atom is 0.356 e. The number of carbonyl (C=O) groups excluding carboxylic acids is 1. The van der Waals surface area contributed by atoms with Crippen molar-refractivity contribution in [1.82, 2.24) is 9.88 Å².